The molecule has 0 amide bonds. The number of ether oxygens (including phenoxy) is 3. The molecule has 0 bridgehead atoms. The smallest absolute Gasteiger partial charge is 0.753 e. The second kappa shape index (κ2) is 29.2. The van der Waals surface area contributed by atoms with E-state index in [-0.39, 0.29) is 72.9 Å². The van der Waals surface area contributed by atoms with Crippen LogP contribution in [0.25, 0.3) is 68.3 Å². The van der Waals surface area contributed by atoms with E-state index in [1.165, 1.54) is 54.4 Å². The van der Waals surface area contributed by atoms with Gasteiger partial charge >= 0.3 is 38.0 Å². The van der Waals surface area contributed by atoms with Crippen molar-refractivity contribution in [3.05, 3.63) is 142 Å². The predicted molar refractivity (Wildman–Crippen MR) is 247 cm³/mol. The van der Waals surface area contributed by atoms with Crippen molar-refractivity contribution in [3.8, 4) is 33.2 Å². The fraction of sp³-hybridized carbons (Fsp3) is 0.196. The largest absolute Gasteiger partial charge is 2.00 e. The van der Waals surface area contributed by atoms with Crippen molar-refractivity contribution in [3.63, 3.8) is 0 Å². The summed E-state index contributed by atoms with van der Waals surface area (Å²) in [6, 6.07) is 10.2. The quantitative estimate of drug-likeness (QED) is 0.0121. The minimum Gasteiger partial charge on any atom is -0.753 e. The van der Waals surface area contributed by atoms with Crippen molar-refractivity contribution in [2.45, 2.75) is 57.6 Å². The number of halogens is 9. The molecular weight excluding hydrogens is 1080 g/mol. The maximum absolute atomic E-state index is 13.5. The topological polar surface area (TPSA) is 200 Å². The number of alkyl halides is 9. The van der Waals surface area contributed by atoms with Gasteiger partial charge in [0, 0.05) is 29.2 Å². The molecule has 5 rings (SSSR count). The van der Waals surface area contributed by atoms with Crippen LogP contribution in [0, 0.1) is 5.41 Å². The zero-order valence-corrected chi connectivity index (χ0v) is 39.8. The Morgan fingerprint density at radius 3 is 1.73 bits per heavy atom. The Balaban J connectivity index is 0.000000495. The van der Waals surface area contributed by atoms with E-state index < -0.39 is 52.2 Å². The monoisotopic (exact) mass is 1120 g/mol. The Kier molecular flexibility index (Phi) is 24.7. The molecule has 0 aliphatic carbocycles. The molecule has 0 saturated heterocycles. The first-order chi connectivity index (χ1) is 33.2. The normalized spacial score (nSPS) is 11.7. The predicted octanol–water partition coefficient (Wildman–Crippen LogP) is 13.2. The van der Waals surface area contributed by atoms with E-state index >= 15 is 0 Å². The summed E-state index contributed by atoms with van der Waals surface area (Å²) in [7, 11) is 0. The van der Waals surface area contributed by atoms with Crippen molar-refractivity contribution < 1.29 is 87.6 Å². The number of thiophene rings is 1. The minimum atomic E-state index is -4.82. The summed E-state index contributed by atoms with van der Waals surface area (Å²) in [6.07, 6.45) is -0.279. The number of aromatic nitrogens is 4. The summed E-state index contributed by atoms with van der Waals surface area (Å²) >= 11 is 5.27. The number of allylic oxidation sites excluding steroid dienone is 1. The van der Waals surface area contributed by atoms with Crippen molar-refractivity contribution in [2.24, 2.45) is 0 Å². The molecule has 71 heavy (non-hydrogen) atoms. The number of nitrogens with zero attached hydrogens (tertiary/aromatic N) is 5. The molecule has 0 aromatic carbocycles. The standard InChI is InChI=1S/C26H15F6N3O6.C19H21F3N3S.CNS.Ru/c27-25(28,29)19-11-33-21(9-17(19)2-5-40-14-37)23-7-16(1-4-39-13-36)8-24(35-23)22-10-18(3-6-41-15-38)20(12-34-22)26(30,31)32;1-2-3-4-5-6-13-8-10-26-18(13)14-7-9-25-16(11-14)15(23)12-17(24)19(20,21)22;2-1-3;/h1-15H;7-12,23-24H,2-6H2,1H3;;/q;2*-1;+2/b4-1+,5-2+,6-3+;15-12-,24-17?;;. The van der Waals surface area contributed by atoms with Crippen LogP contribution in [-0.2, 0) is 66.8 Å². The molecule has 2 N–H and O–H groups in total. The Labute approximate surface area is 421 Å². The third-order valence-electron chi connectivity index (χ3n) is 8.95. The van der Waals surface area contributed by atoms with Crippen LogP contribution in [0.3, 0.4) is 0 Å². The number of carbonyl (C=O) groups excluding carboxylic acids is 3. The average molecular weight is 1120 g/mol. The summed E-state index contributed by atoms with van der Waals surface area (Å²) in [6.45, 7) is 2.29. The molecule has 0 radical (unpaired) electrons. The van der Waals surface area contributed by atoms with E-state index in [0.717, 1.165) is 66.4 Å². The average Bonchev–Trinajstić information content (AvgIpc) is 3.79. The summed E-state index contributed by atoms with van der Waals surface area (Å²) in [5.74, 6) is 0. The van der Waals surface area contributed by atoms with Crippen LogP contribution in [0.5, 0.6) is 0 Å². The number of hydrogen-bond donors (Lipinski definition) is 1. The van der Waals surface area contributed by atoms with Gasteiger partial charge < -0.3 is 25.4 Å². The third-order valence-corrected chi connectivity index (χ3v) is 9.96. The number of rotatable bonds is 19. The molecule has 0 saturated carbocycles. The van der Waals surface area contributed by atoms with Crippen molar-refractivity contribution in [2.75, 3.05) is 0 Å². The zero-order valence-electron chi connectivity index (χ0n) is 36.4. The van der Waals surface area contributed by atoms with E-state index in [4.69, 9.17) is 16.6 Å². The Morgan fingerprint density at radius 1 is 0.761 bits per heavy atom. The number of isothiocyanates is 1. The van der Waals surface area contributed by atoms with Gasteiger partial charge in [-0.05, 0) is 113 Å². The number of thiocarbonyl (C=S) groups is 1. The van der Waals surface area contributed by atoms with Gasteiger partial charge in [-0.3, -0.25) is 34.7 Å². The number of carbonyl (C=O) groups is 3. The molecule has 0 atom stereocenters. The van der Waals surface area contributed by atoms with Gasteiger partial charge in [0.05, 0.1) is 52.7 Å². The molecule has 5 heterocycles. The van der Waals surface area contributed by atoms with Crippen LogP contribution in [0.4, 0.5) is 39.5 Å². The van der Waals surface area contributed by atoms with Crippen molar-refractivity contribution in [1.82, 2.24) is 19.9 Å². The number of hydrogen-bond acceptors (Lipinski definition) is 13. The molecule has 0 aliphatic rings. The Morgan fingerprint density at radius 2 is 1.27 bits per heavy atom. The summed E-state index contributed by atoms with van der Waals surface area (Å²) in [5, 5.41) is 17.5. The number of unbranched alkanes of at least 4 members (excludes halogenated alkanes) is 3. The van der Waals surface area contributed by atoms with Gasteiger partial charge in [0.2, 0.25) is 0 Å². The van der Waals surface area contributed by atoms with Gasteiger partial charge in [-0.1, -0.05) is 38.4 Å². The summed E-state index contributed by atoms with van der Waals surface area (Å²) in [5.41, 5.74) is 4.78. The maximum atomic E-state index is 13.5. The van der Waals surface area contributed by atoms with Crippen LogP contribution in [0.2, 0.25) is 0 Å². The van der Waals surface area contributed by atoms with E-state index in [0.29, 0.717) is 18.5 Å². The van der Waals surface area contributed by atoms with Gasteiger partial charge in [-0.25, -0.2) is 4.98 Å². The first kappa shape index (κ1) is 60.1. The molecule has 0 unspecified atom stereocenters. The SMILES string of the molecule is CCCCCCc1ccsc1-c1ccnc(/C([NH-])=C/C(=N)C(F)(F)F)c1.O=CO/C=C/c1cc(-c2cc(/C=C/OC=O)c(C(F)(F)F)cn2)nc(-c2cc(/C=C/OC=O)c(C(F)(F)F)cn2)c1.[N-]=C=S.[Ru+2]. The van der Waals surface area contributed by atoms with E-state index in [1.54, 1.807) is 23.5 Å². The minimum absolute atomic E-state index is 0. The summed E-state index contributed by atoms with van der Waals surface area (Å²) < 4.78 is 132. The van der Waals surface area contributed by atoms with Crippen LogP contribution in [-0.4, -0.2) is 56.4 Å². The number of aryl methyl sites for hydroxylation is 1. The van der Waals surface area contributed by atoms with Crippen molar-refractivity contribution in [1.29, 1.82) is 5.41 Å². The molecular formula is C46H36F9N7O6RuS2. The van der Waals surface area contributed by atoms with Crippen molar-refractivity contribution >= 4 is 77.8 Å². The van der Waals surface area contributed by atoms with E-state index in [1.807, 2.05) is 5.38 Å². The van der Waals surface area contributed by atoms with Gasteiger partial charge in [0.25, 0.3) is 19.4 Å². The van der Waals surface area contributed by atoms with Crippen LogP contribution >= 0.6 is 23.6 Å². The van der Waals surface area contributed by atoms with E-state index in [9.17, 15) is 53.9 Å². The van der Waals surface area contributed by atoms with Gasteiger partial charge in [0.15, 0.2) is 0 Å². The summed E-state index contributed by atoms with van der Waals surface area (Å²) in [4.78, 5) is 48.3. The van der Waals surface area contributed by atoms with Crippen LogP contribution in [0.1, 0.15) is 71.7 Å². The van der Waals surface area contributed by atoms with Gasteiger partial charge in [-0.15, -0.1) is 17.0 Å². The maximum Gasteiger partial charge on any atom is 2.00 e. The van der Waals surface area contributed by atoms with Gasteiger partial charge in [-0.2, -0.15) is 44.7 Å². The first-order valence-corrected chi connectivity index (χ1v) is 21.1. The second-order valence-corrected chi connectivity index (χ2v) is 14.8. The molecule has 0 spiro atoms. The third kappa shape index (κ3) is 19.3. The fourth-order valence-corrected chi connectivity index (χ4v) is 6.82. The Hall–Kier alpha value is -7.07. The molecule has 0 fully saturated rings. The number of nitrogens with one attached hydrogen (secondary N) is 2. The first-order valence-electron chi connectivity index (χ1n) is 19.8. The molecule has 5 aromatic heterocycles. The molecule has 25 heteroatoms. The Bertz CT molecular complexity index is 2660. The van der Waals surface area contributed by atoms with Crippen LogP contribution in [0.15, 0.2) is 91.3 Å². The van der Waals surface area contributed by atoms with Gasteiger partial charge in [0.1, 0.15) is 5.71 Å². The fourth-order valence-electron chi connectivity index (χ4n) is 5.87. The zero-order chi connectivity index (χ0) is 51.9. The second-order valence-electron chi connectivity index (χ2n) is 13.7. The van der Waals surface area contributed by atoms with Crippen LogP contribution < -0.4 is 0 Å². The number of pyridine rings is 4. The molecule has 0 aliphatic heterocycles. The molecule has 5 aromatic rings. The van der Waals surface area contributed by atoms with E-state index in [2.05, 4.69) is 59.4 Å². The molecule has 374 valence electrons. The molecule has 13 nitrogen and oxygen atoms in total.